The highest BCUT2D eigenvalue weighted by Crippen LogP contribution is 2.28. The van der Waals surface area contributed by atoms with Crippen molar-refractivity contribution in [2.75, 3.05) is 12.4 Å². The van der Waals surface area contributed by atoms with Crippen molar-refractivity contribution in [1.82, 2.24) is 4.98 Å². The van der Waals surface area contributed by atoms with Gasteiger partial charge < -0.3 is 10.3 Å². The molecule has 0 atom stereocenters. The van der Waals surface area contributed by atoms with Crippen LogP contribution in [0.2, 0.25) is 0 Å². The molecule has 0 aliphatic heterocycles. The number of hydrogen-bond donors (Lipinski definition) is 2. The summed E-state index contributed by atoms with van der Waals surface area (Å²) < 4.78 is 0. The van der Waals surface area contributed by atoms with Crippen LogP contribution in [-0.2, 0) is 0 Å². The van der Waals surface area contributed by atoms with Crippen molar-refractivity contribution in [3.8, 4) is 0 Å². The highest BCUT2D eigenvalue weighted by Gasteiger charge is 2.09. The maximum atomic E-state index is 3.96. The Hall–Kier alpha value is -2.48. The summed E-state index contributed by atoms with van der Waals surface area (Å²) in [5.41, 5.74) is 7.94. The Morgan fingerprint density at radius 1 is 1.19 bits per heavy atom. The van der Waals surface area contributed by atoms with Crippen LogP contribution in [0.15, 0.2) is 43.5 Å². The Balaban J connectivity index is 2.56. The summed E-state index contributed by atoms with van der Waals surface area (Å²) in [5, 5.41) is 3.22. The molecule has 21 heavy (non-hydrogen) atoms. The van der Waals surface area contributed by atoms with Crippen LogP contribution in [0.4, 0.5) is 5.69 Å². The van der Waals surface area contributed by atoms with Crippen LogP contribution in [0.1, 0.15) is 28.1 Å². The highest BCUT2D eigenvalue weighted by molar-refractivity contribution is 5.92. The topological polar surface area (TPSA) is 27.8 Å². The first-order valence-electron chi connectivity index (χ1n) is 7.05. The van der Waals surface area contributed by atoms with E-state index in [9.17, 15) is 0 Å². The lowest BCUT2D eigenvalue weighted by Gasteiger charge is -2.09. The fraction of sp³-hybridized carbons (Fsp3) is 0.158. The molecule has 0 fully saturated rings. The summed E-state index contributed by atoms with van der Waals surface area (Å²) in [6, 6.07) is 8.22. The molecule has 2 heteroatoms. The minimum Gasteiger partial charge on any atom is -0.388 e. The van der Waals surface area contributed by atoms with Crippen LogP contribution in [0.25, 0.3) is 17.7 Å². The third kappa shape index (κ3) is 2.84. The number of H-pyrrole nitrogens is 1. The Labute approximate surface area is 126 Å². The normalized spacial score (nSPS) is 11.3. The third-order valence-electron chi connectivity index (χ3n) is 3.77. The van der Waals surface area contributed by atoms with Crippen molar-refractivity contribution in [3.63, 3.8) is 0 Å². The minimum atomic E-state index is 1.08. The molecule has 0 unspecified atom stereocenters. The molecule has 2 aromatic rings. The Bertz CT molecular complexity index is 702. The molecule has 2 rings (SSSR count). The third-order valence-corrected chi connectivity index (χ3v) is 3.77. The average Bonchev–Trinajstić information content (AvgIpc) is 2.78. The van der Waals surface area contributed by atoms with Gasteiger partial charge in [0.05, 0.1) is 0 Å². The molecule has 1 aromatic heterocycles. The molecule has 0 saturated carbocycles. The fourth-order valence-corrected chi connectivity index (χ4v) is 2.59. The predicted molar refractivity (Wildman–Crippen MR) is 94.4 cm³/mol. The van der Waals surface area contributed by atoms with Gasteiger partial charge in [-0.25, -0.2) is 0 Å². The summed E-state index contributed by atoms with van der Waals surface area (Å²) in [6.45, 7) is 12.0. The van der Waals surface area contributed by atoms with Gasteiger partial charge in [-0.05, 0) is 42.7 Å². The van der Waals surface area contributed by atoms with E-state index in [1.807, 2.05) is 31.3 Å². The van der Waals surface area contributed by atoms with E-state index in [0.717, 1.165) is 28.2 Å². The van der Waals surface area contributed by atoms with Gasteiger partial charge in [0.2, 0.25) is 0 Å². The molecule has 2 nitrogen and oxygen atoms in total. The van der Waals surface area contributed by atoms with Crippen molar-refractivity contribution >= 4 is 23.4 Å². The van der Waals surface area contributed by atoms with Crippen LogP contribution in [0.5, 0.6) is 0 Å². The first kappa shape index (κ1) is 14.9. The number of nitrogens with one attached hydrogen (secondary N) is 2. The SMILES string of the molecule is C=C/C(=C\c1[nH]c(C)c(C=C)c1C)c1ccccc1NC. The van der Waals surface area contributed by atoms with Gasteiger partial charge in [0.15, 0.2) is 0 Å². The highest BCUT2D eigenvalue weighted by atomic mass is 14.8. The molecule has 0 amide bonds. The molecule has 1 aromatic carbocycles. The number of aromatic nitrogens is 1. The number of rotatable bonds is 5. The number of anilines is 1. The van der Waals surface area contributed by atoms with Gasteiger partial charge in [-0.3, -0.25) is 0 Å². The van der Waals surface area contributed by atoms with Crippen molar-refractivity contribution < 1.29 is 0 Å². The van der Waals surface area contributed by atoms with E-state index in [2.05, 4.69) is 55.5 Å². The maximum absolute atomic E-state index is 3.96. The van der Waals surface area contributed by atoms with E-state index >= 15 is 0 Å². The second kappa shape index (κ2) is 6.31. The van der Waals surface area contributed by atoms with Crippen LogP contribution in [0, 0.1) is 13.8 Å². The summed E-state index contributed by atoms with van der Waals surface area (Å²) in [5.74, 6) is 0. The minimum absolute atomic E-state index is 1.08. The number of para-hydroxylation sites is 1. The largest absolute Gasteiger partial charge is 0.388 e. The van der Waals surface area contributed by atoms with E-state index in [0.29, 0.717) is 0 Å². The van der Waals surface area contributed by atoms with Crippen molar-refractivity contribution in [3.05, 3.63) is 71.6 Å². The van der Waals surface area contributed by atoms with Gasteiger partial charge in [0, 0.05) is 29.7 Å². The van der Waals surface area contributed by atoms with Crippen molar-refractivity contribution in [1.29, 1.82) is 0 Å². The molecule has 1 heterocycles. The quantitative estimate of drug-likeness (QED) is 0.736. The maximum Gasteiger partial charge on any atom is 0.0424 e. The molecular formula is C19H22N2. The van der Waals surface area contributed by atoms with Gasteiger partial charge in [0.1, 0.15) is 0 Å². The van der Waals surface area contributed by atoms with E-state index in [4.69, 9.17) is 0 Å². The molecule has 0 radical (unpaired) electrons. The molecule has 108 valence electrons. The van der Waals surface area contributed by atoms with Crippen LogP contribution in [-0.4, -0.2) is 12.0 Å². The first-order valence-corrected chi connectivity index (χ1v) is 7.05. The molecule has 2 N–H and O–H groups in total. The van der Waals surface area contributed by atoms with E-state index in [-0.39, 0.29) is 0 Å². The molecule has 0 aliphatic rings. The number of hydrogen-bond acceptors (Lipinski definition) is 1. The van der Waals surface area contributed by atoms with E-state index < -0.39 is 0 Å². The van der Waals surface area contributed by atoms with Gasteiger partial charge in [0.25, 0.3) is 0 Å². The number of allylic oxidation sites excluding steroid dienone is 2. The number of benzene rings is 1. The summed E-state index contributed by atoms with van der Waals surface area (Å²) in [6.07, 6.45) is 5.92. The Kier molecular flexibility index (Phi) is 4.49. The van der Waals surface area contributed by atoms with E-state index in [1.54, 1.807) is 0 Å². The van der Waals surface area contributed by atoms with E-state index in [1.165, 1.54) is 11.1 Å². The zero-order valence-electron chi connectivity index (χ0n) is 13.0. The zero-order valence-corrected chi connectivity index (χ0v) is 13.0. The summed E-state index contributed by atoms with van der Waals surface area (Å²) >= 11 is 0. The molecule has 0 saturated heterocycles. The van der Waals surface area contributed by atoms with Gasteiger partial charge in [-0.15, -0.1) is 0 Å². The van der Waals surface area contributed by atoms with Crippen molar-refractivity contribution in [2.24, 2.45) is 0 Å². The average molecular weight is 278 g/mol. The van der Waals surface area contributed by atoms with Crippen LogP contribution >= 0.6 is 0 Å². The lowest BCUT2D eigenvalue weighted by atomic mass is 10.0. The zero-order chi connectivity index (χ0) is 15.4. The summed E-state index contributed by atoms with van der Waals surface area (Å²) in [7, 11) is 1.93. The fourth-order valence-electron chi connectivity index (χ4n) is 2.59. The lowest BCUT2D eigenvalue weighted by Crippen LogP contribution is -1.93. The van der Waals surface area contributed by atoms with Gasteiger partial charge in [-0.2, -0.15) is 0 Å². The second-order valence-corrected chi connectivity index (χ2v) is 5.01. The predicted octanol–water partition coefficient (Wildman–Crippen LogP) is 5.04. The second-order valence-electron chi connectivity index (χ2n) is 5.01. The number of aryl methyl sites for hydroxylation is 1. The van der Waals surface area contributed by atoms with Crippen LogP contribution < -0.4 is 5.32 Å². The smallest absolute Gasteiger partial charge is 0.0424 e. The van der Waals surface area contributed by atoms with Gasteiger partial charge >= 0.3 is 0 Å². The molecule has 0 aliphatic carbocycles. The molecule has 0 spiro atoms. The van der Waals surface area contributed by atoms with Crippen molar-refractivity contribution in [2.45, 2.75) is 13.8 Å². The standard InChI is InChI=1S/C19H22N2/c1-6-15(17-10-8-9-11-18(17)20-5)12-19-13(3)16(7-2)14(4)21-19/h6-12,20-21H,1-2H2,3-5H3/b15-12+. The summed E-state index contributed by atoms with van der Waals surface area (Å²) in [4.78, 5) is 3.42. The Morgan fingerprint density at radius 2 is 1.90 bits per heavy atom. The monoisotopic (exact) mass is 278 g/mol. The van der Waals surface area contributed by atoms with Crippen LogP contribution in [0.3, 0.4) is 0 Å². The lowest BCUT2D eigenvalue weighted by molar-refractivity contribution is 1.24. The molecule has 0 bridgehead atoms. The number of aromatic amines is 1. The van der Waals surface area contributed by atoms with Gasteiger partial charge in [-0.1, -0.05) is 43.5 Å². The first-order chi connectivity index (χ1) is 10.1. The Morgan fingerprint density at radius 3 is 2.48 bits per heavy atom. The molecular weight excluding hydrogens is 256 g/mol.